The van der Waals surface area contributed by atoms with Crippen LogP contribution in [0.4, 0.5) is 0 Å². The minimum atomic E-state index is -4.27. The monoisotopic (exact) mass is 759 g/mol. The van der Waals surface area contributed by atoms with Crippen LogP contribution < -0.4 is 0 Å². The van der Waals surface area contributed by atoms with E-state index in [0.29, 0.717) is 24.1 Å². The number of hydrogen-bond donors (Lipinski definition) is 1. The van der Waals surface area contributed by atoms with Crippen molar-refractivity contribution in [3.63, 3.8) is 0 Å². The van der Waals surface area contributed by atoms with Gasteiger partial charge in [0, 0.05) is 13.0 Å². The SMILES string of the molecule is CCCC/C=C\C/C=C\CCCCCCCCOCC(COP(=O)(O)OCC[N+](C)(C)C)OC(=O)CCCCCCCCCCCCCCCCC. The first-order chi connectivity index (χ1) is 25.1. The normalized spacial score (nSPS) is 14.0. The quantitative estimate of drug-likeness (QED) is 0.0219. The molecule has 0 aliphatic carbocycles. The van der Waals surface area contributed by atoms with Crippen LogP contribution >= 0.6 is 7.82 Å². The Morgan fingerprint density at radius 2 is 1.08 bits per heavy atom. The van der Waals surface area contributed by atoms with Crippen molar-refractivity contribution < 1.29 is 37.3 Å². The number of phosphoric ester groups is 1. The molecule has 0 fully saturated rings. The number of allylic oxidation sites excluding steroid dienone is 4. The number of nitrogens with zero attached hydrogens (tertiary/aromatic N) is 1. The number of quaternary nitrogens is 1. The summed E-state index contributed by atoms with van der Waals surface area (Å²) in [5.74, 6) is -0.316. The summed E-state index contributed by atoms with van der Waals surface area (Å²) in [6, 6.07) is 0. The number of hydrogen-bond acceptors (Lipinski definition) is 6. The Morgan fingerprint density at radius 1 is 0.596 bits per heavy atom. The summed E-state index contributed by atoms with van der Waals surface area (Å²) in [5.41, 5.74) is 0. The van der Waals surface area contributed by atoms with E-state index in [2.05, 4.69) is 38.2 Å². The number of phosphoric acid groups is 1. The molecule has 0 aromatic heterocycles. The third kappa shape index (κ3) is 40.2. The van der Waals surface area contributed by atoms with Gasteiger partial charge in [-0.3, -0.25) is 13.8 Å². The van der Waals surface area contributed by atoms with Crippen LogP contribution in [0, 0.1) is 0 Å². The van der Waals surface area contributed by atoms with Gasteiger partial charge in [0.15, 0.2) is 0 Å². The Balaban J connectivity index is 4.24. The predicted octanol–water partition coefficient (Wildman–Crippen LogP) is 12.4. The standard InChI is InChI=1S/C43H84NO7P/c1-6-8-10-12-14-16-18-20-22-24-26-28-30-32-34-36-43(45)51-42(41-50-52(46,47)49-39-37-44(3,4)5)40-48-38-35-33-31-29-27-25-23-21-19-17-15-13-11-9-7-2/h13,15,19,21,42H,6-12,14,16-18,20,22-41H2,1-5H3/p+1/b15-13-,21-19-. The highest BCUT2D eigenvalue weighted by molar-refractivity contribution is 7.47. The molecule has 0 radical (unpaired) electrons. The van der Waals surface area contributed by atoms with Crippen molar-refractivity contribution >= 4 is 13.8 Å². The third-order valence-corrected chi connectivity index (χ3v) is 10.2. The fourth-order valence-electron chi connectivity index (χ4n) is 5.86. The number of carbonyl (C=O) groups excluding carboxylic acids is 1. The lowest BCUT2D eigenvalue weighted by Gasteiger charge is -2.24. The molecule has 0 bridgehead atoms. The number of esters is 1. The summed E-state index contributed by atoms with van der Waals surface area (Å²) < 4.78 is 35.0. The van der Waals surface area contributed by atoms with Crippen LogP contribution in [0.3, 0.4) is 0 Å². The van der Waals surface area contributed by atoms with Crippen molar-refractivity contribution in [1.29, 1.82) is 0 Å². The molecule has 0 aromatic rings. The number of ether oxygens (including phenoxy) is 2. The summed E-state index contributed by atoms with van der Waals surface area (Å²) in [6.07, 6.45) is 40.6. The first-order valence-electron chi connectivity index (χ1n) is 21.6. The van der Waals surface area contributed by atoms with Crippen LogP contribution in [0.25, 0.3) is 0 Å². The fourth-order valence-corrected chi connectivity index (χ4v) is 6.60. The van der Waals surface area contributed by atoms with Gasteiger partial charge in [0.25, 0.3) is 0 Å². The van der Waals surface area contributed by atoms with Gasteiger partial charge >= 0.3 is 13.8 Å². The molecule has 2 atom stereocenters. The van der Waals surface area contributed by atoms with Gasteiger partial charge in [0.2, 0.25) is 0 Å². The lowest BCUT2D eigenvalue weighted by Crippen LogP contribution is -2.37. The summed E-state index contributed by atoms with van der Waals surface area (Å²) in [4.78, 5) is 22.9. The lowest BCUT2D eigenvalue weighted by atomic mass is 10.0. The number of unbranched alkanes of at least 4 members (excludes halogenated alkanes) is 22. The van der Waals surface area contributed by atoms with E-state index in [1.807, 2.05) is 21.1 Å². The Labute approximate surface area is 322 Å². The largest absolute Gasteiger partial charge is 0.472 e. The molecule has 308 valence electrons. The molecule has 8 nitrogen and oxygen atoms in total. The van der Waals surface area contributed by atoms with Crippen molar-refractivity contribution in [3.8, 4) is 0 Å². The molecule has 9 heteroatoms. The van der Waals surface area contributed by atoms with E-state index in [4.69, 9.17) is 18.5 Å². The van der Waals surface area contributed by atoms with Crippen LogP contribution in [0.15, 0.2) is 24.3 Å². The van der Waals surface area contributed by atoms with Crippen molar-refractivity contribution in [2.24, 2.45) is 0 Å². The number of rotatable bonds is 40. The van der Waals surface area contributed by atoms with E-state index in [-0.39, 0.29) is 25.8 Å². The second-order valence-corrected chi connectivity index (χ2v) is 17.2. The number of carbonyl (C=O) groups is 1. The van der Waals surface area contributed by atoms with Crippen LogP contribution in [-0.2, 0) is 27.9 Å². The molecule has 2 unspecified atom stereocenters. The molecule has 0 aliphatic heterocycles. The van der Waals surface area contributed by atoms with E-state index in [0.717, 1.165) is 44.9 Å². The average molecular weight is 759 g/mol. The van der Waals surface area contributed by atoms with Crippen molar-refractivity contribution in [2.75, 3.05) is 54.1 Å². The average Bonchev–Trinajstić information content (AvgIpc) is 3.09. The zero-order valence-electron chi connectivity index (χ0n) is 34.8. The summed E-state index contributed by atoms with van der Waals surface area (Å²) in [5, 5.41) is 0. The molecular formula is C43H85NO7P+. The zero-order chi connectivity index (χ0) is 38.4. The maximum atomic E-state index is 12.7. The van der Waals surface area contributed by atoms with Crippen LogP contribution in [0.2, 0.25) is 0 Å². The van der Waals surface area contributed by atoms with Gasteiger partial charge in [-0.2, -0.15) is 0 Å². The van der Waals surface area contributed by atoms with Crippen LogP contribution in [-0.4, -0.2) is 75.6 Å². The molecule has 0 saturated heterocycles. The molecule has 0 spiro atoms. The van der Waals surface area contributed by atoms with Gasteiger partial charge < -0.3 is 18.9 Å². The maximum absolute atomic E-state index is 12.7. The van der Waals surface area contributed by atoms with E-state index in [1.165, 1.54) is 122 Å². The zero-order valence-corrected chi connectivity index (χ0v) is 35.7. The minimum Gasteiger partial charge on any atom is -0.457 e. The Bertz CT molecular complexity index is 889. The highest BCUT2D eigenvalue weighted by atomic mass is 31.2. The van der Waals surface area contributed by atoms with Gasteiger partial charge in [0.1, 0.15) is 19.3 Å². The Kier molecular flexibility index (Phi) is 36.2. The second-order valence-electron chi connectivity index (χ2n) is 15.7. The minimum absolute atomic E-state index is 0.0882. The molecule has 0 rings (SSSR count). The molecule has 1 N–H and O–H groups in total. The van der Waals surface area contributed by atoms with E-state index < -0.39 is 13.9 Å². The third-order valence-electron chi connectivity index (χ3n) is 9.27. The number of likely N-dealkylation sites (N-methyl/N-ethyl adjacent to an activating group) is 1. The topological polar surface area (TPSA) is 91.3 Å². The molecule has 0 aliphatic rings. The molecule has 0 saturated carbocycles. The van der Waals surface area contributed by atoms with E-state index in [1.54, 1.807) is 0 Å². The van der Waals surface area contributed by atoms with Gasteiger partial charge in [-0.05, 0) is 38.5 Å². The first-order valence-corrected chi connectivity index (χ1v) is 23.1. The molecular weight excluding hydrogens is 673 g/mol. The highest BCUT2D eigenvalue weighted by Gasteiger charge is 2.26. The highest BCUT2D eigenvalue weighted by Crippen LogP contribution is 2.43. The van der Waals surface area contributed by atoms with Gasteiger partial charge in [-0.25, -0.2) is 4.57 Å². The second kappa shape index (κ2) is 36.9. The lowest BCUT2D eigenvalue weighted by molar-refractivity contribution is -0.870. The van der Waals surface area contributed by atoms with E-state index in [9.17, 15) is 14.3 Å². The van der Waals surface area contributed by atoms with Crippen molar-refractivity contribution in [3.05, 3.63) is 24.3 Å². The first kappa shape index (κ1) is 51.0. The van der Waals surface area contributed by atoms with Crippen molar-refractivity contribution in [1.82, 2.24) is 0 Å². The van der Waals surface area contributed by atoms with Gasteiger partial charge in [-0.1, -0.05) is 167 Å². The predicted molar refractivity (Wildman–Crippen MR) is 220 cm³/mol. The molecule has 0 heterocycles. The Hall–Kier alpha value is -1.02. The van der Waals surface area contributed by atoms with Crippen LogP contribution in [0.1, 0.15) is 187 Å². The summed E-state index contributed by atoms with van der Waals surface area (Å²) in [6.45, 7) is 5.58. The van der Waals surface area contributed by atoms with E-state index >= 15 is 0 Å². The van der Waals surface area contributed by atoms with Crippen molar-refractivity contribution in [2.45, 2.75) is 193 Å². The molecule has 0 aromatic carbocycles. The smallest absolute Gasteiger partial charge is 0.457 e. The fraction of sp³-hybridized carbons (Fsp3) is 0.884. The summed E-state index contributed by atoms with van der Waals surface area (Å²) >= 11 is 0. The van der Waals surface area contributed by atoms with Crippen LogP contribution in [0.5, 0.6) is 0 Å². The van der Waals surface area contributed by atoms with Gasteiger partial charge in [0.05, 0.1) is 34.4 Å². The molecule has 0 amide bonds. The summed E-state index contributed by atoms with van der Waals surface area (Å²) in [7, 11) is 1.67. The van der Waals surface area contributed by atoms with Gasteiger partial charge in [-0.15, -0.1) is 0 Å². The Morgan fingerprint density at radius 3 is 1.62 bits per heavy atom. The molecule has 52 heavy (non-hydrogen) atoms. The maximum Gasteiger partial charge on any atom is 0.472 e.